The normalized spacial score (nSPS) is 17.5. The van der Waals surface area contributed by atoms with Gasteiger partial charge in [-0.05, 0) is 49.4 Å². The fraction of sp³-hybridized carbons (Fsp3) is 0.500. The molecule has 0 saturated carbocycles. The van der Waals surface area contributed by atoms with Crippen LogP contribution in [0.3, 0.4) is 0 Å². The number of piperidine rings is 1. The number of benzene rings is 1. The van der Waals surface area contributed by atoms with Crippen LogP contribution in [0.1, 0.15) is 42.9 Å². The molecule has 0 unspecified atom stereocenters. The molecule has 1 atom stereocenters. The van der Waals surface area contributed by atoms with E-state index < -0.39 is 0 Å². The predicted molar refractivity (Wildman–Crippen MR) is 95.6 cm³/mol. The van der Waals surface area contributed by atoms with E-state index in [1.54, 1.807) is 18.2 Å². The van der Waals surface area contributed by atoms with Crippen molar-refractivity contribution in [2.45, 2.75) is 33.1 Å². The fourth-order valence-electron chi connectivity index (χ4n) is 3.21. The highest BCUT2D eigenvalue weighted by Gasteiger charge is 2.27. The number of hydrogen-bond acceptors (Lipinski definition) is 4. The van der Waals surface area contributed by atoms with Crippen LogP contribution in [0.15, 0.2) is 34.9 Å². The van der Waals surface area contributed by atoms with Crippen LogP contribution in [-0.2, 0) is 6.42 Å². The summed E-state index contributed by atoms with van der Waals surface area (Å²) in [5.74, 6) is 1.26. The average molecular weight is 360 g/mol. The highest BCUT2D eigenvalue weighted by atomic mass is 19.1. The van der Waals surface area contributed by atoms with Crippen molar-refractivity contribution in [3.63, 3.8) is 0 Å². The van der Waals surface area contributed by atoms with E-state index in [1.807, 2.05) is 4.90 Å². The number of rotatable bonds is 6. The Hall–Kier alpha value is -2.37. The van der Waals surface area contributed by atoms with Crippen molar-refractivity contribution < 1.29 is 18.4 Å². The maximum absolute atomic E-state index is 12.9. The van der Waals surface area contributed by atoms with Gasteiger partial charge in [0, 0.05) is 25.1 Å². The third kappa shape index (κ3) is 4.84. The second-order valence-corrected chi connectivity index (χ2v) is 7.30. The number of ether oxygens (including phenoxy) is 1. The van der Waals surface area contributed by atoms with Crippen LogP contribution in [0.2, 0.25) is 0 Å². The molecule has 0 N–H and O–H groups in total. The molecule has 1 aliphatic rings. The van der Waals surface area contributed by atoms with Gasteiger partial charge in [0.05, 0.1) is 12.3 Å². The number of likely N-dealkylation sites (tertiary alicyclic amines) is 1. The first kappa shape index (κ1) is 18.4. The lowest BCUT2D eigenvalue weighted by molar-refractivity contribution is 0.0593. The van der Waals surface area contributed by atoms with Gasteiger partial charge in [-0.1, -0.05) is 19.0 Å². The molecule has 3 rings (SSSR count). The summed E-state index contributed by atoms with van der Waals surface area (Å²) in [7, 11) is 0. The van der Waals surface area contributed by atoms with E-state index in [0.717, 1.165) is 25.0 Å². The van der Waals surface area contributed by atoms with Crippen molar-refractivity contribution in [3.8, 4) is 5.75 Å². The van der Waals surface area contributed by atoms with Crippen molar-refractivity contribution in [1.29, 1.82) is 0 Å². The molecule has 2 aromatic rings. The molecule has 1 saturated heterocycles. The van der Waals surface area contributed by atoms with E-state index in [9.17, 15) is 9.18 Å². The van der Waals surface area contributed by atoms with E-state index in [0.29, 0.717) is 37.1 Å². The molecular formula is C20H25FN2O3. The minimum absolute atomic E-state index is 0.112. The molecule has 0 bridgehead atoms. The van der Waals surface area contributed by atoms with Crippen molar-refractivity contribution >= 4 is 5.91 Å². The Morgan fingerprint density at radius 2 is 2.15 bits per heavy atom. The smallest absolute Gasteiger partial charge is 0.292 e. The number of carbonyl (C=O) groups is 1. The highest BCUT2D eigenvalue weighted by Crippen LogP contribution is 2.21. The van der Waals surface area contributed by atoms with E-state index in [4.69, 9.17) is 9.26 Å². The van der Waals surface area contributed by atoms with Crippen molar-refractivity contribution in [3.05, 3.63) is 47.6 Å². The summed E-state index contributed by atoms with van der Waals surface area (Å²) >= 11 is 0. The largest absolute Gasteiger partial charge is 0.493 e. The number of amides is 1. The first-order chi connectivity index (χ1) is 12.5. The van der Waals surface area contributed by atoms with Crippen LogP contribution in [0.4, 0.5) is 4.39 Å². The molecule has 0 radical (unpaired) electrons. The molecule has 0 spiro atoms. The summed E-state index contributed by atoms with van der Waals surface area (Å²) in [6.45, 7) is 6.05. The Balaban J connectivity index is 1.54. The van der Waals surface area contributed by atoms with E-state index in [-0.39, 0.29) is 17.6 Å². The predicted octanol–water partition coefficient (Wildman–Crippen LogP) is 3.94. The van der Waals surface area contributed by atoms with Gasteiger partial charge in [-0.3, -0.25) is 4.79 Å². The van der Waals surface area contributed by atoms with Crippen LogP contribution in [0, 0.1) is 17.7 Å². The number of halogens is 1. The average Bonchev–Trinajstić information content (AvgIpc) is 3.08. The standard InChI is InChI=1S/C20H25FN2O3/c1-14(2)10-17-11-19(26-22-17)20(24)23-9-3-4-15(12-23)13-25-18-7-5-16(21)6-8-18/h5-8,11,14-15H,3-4,9-10,12-13H2,1-2H3/t15-/m1/s1. The Morgan fingerprint density at radius 3 is 2.88 bits per heavy atom. The molecule has 1 aliphatic heterocycles. The first-order valence-electron chi connectivity index (χ1n) is 9.14. The topological polar surface area (TPSA) is 55.6 Å². The third-order valence-corrected chi connectivity index (χ3v) is 4.49. The molecule has 140 valence electrons. The van der Waals surface area contributed by atoms with Gasteiger partial charge in [0.1, 0.15) is 11.6 Å². The minimum atomic E-state index is -0.282. The van der Waals surface area contributed by atoms with Gasteiger partial charge in [0.25, 0.3) is 5.91 Å². The van der Waals surface area contributed by atoms with E-state index >= 15 is 0 Å². The molecular weight excluding hydrogens is 335 g/mol. The molecule has 1 aromatic carbocycles. The van der Waals surface area contributed by atoms with E-state index in [2.05, 4.69) is 19.0 Å². The van der Waals surface area contributed by atoms with Gasteiger partial charge in [0.15, 0.2) is 0 Å². The van der Waals surface area contributed by atoms with Gasteiger partial charge < -0.3 is 14.2 Å². The van der Waals surface area contributed by atoms with Crippen LogP contribution in [-0.4, -0.2) is 35.7 Å². The molecule has 1 aromatic heterocycles. The summed E-state index contributed by atoms with van der Waals surface area (Å²) in [6.07, 6.45) is 2.72. The minimum Gasteiger partial charge on any atom is -0.493 e. The number of nitrogens with zero attached hydrogens (tertiary/aromatic N) is 2. The first-order valence-corrected chi connectivity index (χ1v) is 9.14. The zero-order chi connectivity index (χ0) is 18.5. The number of carbonyl (C=O) groups excluding carboxylic acids is 1. The van der Waals surface area contributed by atoms with Crippen molar-refractivity contribution in [2.24, 2.45) is 11.8 Å². The highest BCUT2D eigenvalue weighted by molar-refractivity contribution is 5.91. The molecule has 2 heterocycles. The molecule has 1 amide bonds. The summed E-state index contributed by atoms with van der Waals surface area (Å²) in [4.78, 5) is 14.5. The number of aromatic nitrogens is 1. The van der Waals surface area contributed by atoms with E-state index in [1.165, 1.54) is 12.1 Å². The Labute approximate surface area is 153 Å². The summed E-state index contributed by atoms with van der Waals surface area (Å²) in [5.41, 5.74) is 0.816. The fourth-order valence-corrected chi connectivity index (χ4v) is 3.21. The maximum atomic E-state index is 12.9. The Bertz CT molecular complexity index is 727. The zero-order valence-corrected chi connectivity index (χ0v) is 15.3. The Morgan fingerprint density at radius 1 is 1.38 bits per heavy atom. The SMILES string of the molecule is CC(C)Cc1cc(C(=O)N2CCC[C@@H](COc3ccc(F)cc3)C2)on1. The second kappa shape index (κ2) is 8.34. The lowest BCUT2D eigenvalue weighted by atomic mass is 9.98. The second-order valence-electron chi connectivity index (χ2n) is 7.30. The summed E-state index contributed by atoms with van der Waals surface area (Å²) < 4.78 is 23.9. The molecule has 5 nitrogen and oxygen atoms in total. The van der Waals surface area contributed by atoms with Crippen LogP contribution < -0.4 is 4.74 Å². The van der Waals surface area contributed by atoms with Gasteiger partial charge in [0.2, 0.25) is 5.76 Å². The van der Waals surface area contributed by atoms with Crippen LogP contribution in [0.5, 0.6) is 5.75 Å². The van der Waals surface area contributed by atoms with Crippen molar-refractivity contribution in [2.75, 3.05) is 19.7 Å². The van der Waals surface area contributed by atoms with Crippen LogP contribution >= 0.6 is 0 Å². The molecule has 1 fully saturated rings. The monoisotopic (exact) mass is 360 g/mol. The zero-order valence-electron chi connectivity index (χ0n) is 15.3. The van der Waals surface area contributed by atoms with Gasteiger partial charge >= 0.3 is 0 Å². The number of hydrogen-bond donors (Lipinski definition) is 0. The molecule has 26 heavy (non-hydrogen) atoms. The molecule has 0 aliphatic carbocycles. The summed E-state index contributed by atoms with van der Waals surface area (Å²) in [5, 5.41) is 4.00. The van der Waals surface area contributed by atoms with Gasteiger partial charge in [-0.25, -0.2) is 4.39 Å². The van der Waals surface area contributed by atoms with Crippen LogP contribution in [0.25, 0.3) is 0 Å². The van der Waals surface area contributed by atoms with Crippen molar-refractivity contribution in [1.82, 2.24) is 10.1 Å². The lowest BCUT2D eigenvalue weighted by Crippen LogP contribution is -2.41. The quantitative estimate of drug-likeness (QED) is 0.783. The Kier molecular flexibility index (Phi) is 5.91. The lowest BCUT2D eigenvalue weighted by Gasteiger charge is -2.32. The van der Waals surface area contributed by atoms with Gasteiger partial charge in [-0.2, -0.15) is 0 Å². The summed E-state index contributed by atoms with van der Waals surface area (Å²) in [6, 6.07) is 7.74. The maximum Gasteiger partial charge on any atom is 0.292 e. The molecule has 6 heteroatoms. The van der Waals surface area contributed by atoms with Gasteiger partial charge in [-0.15, -0.1) is 0 Å². The third-order valence-electron chi connectivity index (χ3n) is 4.49.